The highest BCUT2D eigenvalue weighted by atomic mass is 79.9. The molecule has 0 saturated heterocycles. The van der Waals surface area contributed by atoms with E-state index < -0.39 is 0 Å². The van der Waals surface area contributed by atoms with E-state index in [1.807, 2.05) is 6.07 Å². The fourth-order valence-corrected chi connectivity index (χ4v) is 6.32. The zero-order chi connectivity index (χ0) is 18.3. The highest BCUT2D eigenvalue weighted by Gasteiger charge is 2.36. The second-order valence-corrected chi connectivity index (χ2v) is 10.5. The van der Waals surface area contributed by atoms with E-state index in [9.17, 15) is 0 Å². The number of halogens is 3. The summed E-state index contributed by atoms with van der Waals surface area (Å²) in [6, 6.07) is 14.9. The molecular formula is C21H12Br2ClNOS. The average Bonchev–Trinajstić information content (AvgIpc) is 3.21. The third kappa shape index (κ3) is 2.35. The summed E-state index contributed by atoms with van der Waals surface area (Å²) in [5.74, 6) is 0.948. The molecule has 3 heterocycles. The lowest BCUT2D eigenvalue weighted by Crippen LogP contribution is -2.23. The second kappa shape index (κ2) is 5.86. The smallest absolute Gasteiger partial charge is 0.212 e. The van der Waals surface area contributed by atoms with Crippen LogP contribution in [0.5, 0.6) is 5.75 Å². The number of hydrogen-bond donors (Lipinski definition) is 0. The van der Waals surface area contributed by atoms with Crippen LogP contribution in [0.4, 0.5) is 0 Å². The van der Waals surface area contributed by atoms with Crippen LogP contribution in [0.25, 0.3) is 22.2 Å². The molecule has 0 fully saturated rings. The lowest BCUT2D eigenvalue weighted by atomic mass is 9.88. The van der Waals surface area contributed by atoms with Crippen molar-refractivity contribution in [1.82, 2.24) is 4.57 Å². The van der Waals surface area contributed by atoms with Gasteiger partial charge in [-0.05, 0) is 66.4 Å². The molecule has 1 atom stereocenters. The van der Waals surface area contributed by atoms with E-state index in [1.54, 1.807) is 11.3 Å². The molecule has 1 aliphatic carbocycles. The van der Waals surface area contributed by atoms with Crippen LogP contribution >= 0.6 is 54.8 Å². The zero-order valence-corrected chi connectivity index (χ0v) is 18.7. The van der Waals surface area contributed by atoms with Crippen molar-refractivity contribution >= 4 is 65.7 Å². The first kappa shape index (κ1) is 16.7. The van der Waals surface area contributed by atoms with Crippen molar-refractivity contribution in [3.8, 4) is 17.0 Å². The number of thiophene rings is 1. The lowest BCUT2D eigenvalue weighted by Gasteiger charge is -2.33. The van der Waals surface area contributed by atoms with Crippen molar-refractivity contribution in [2.45, 2.75) is 19.1 Å². The van der Waals surface area contributed by atoms with Gasteiger partial charge in [-0.25, -0.2) is 0 Å². The predicted octanol–water partition coefficient (Wildman–Crippen LogP) is 7.59. The first-order chi connectivity index (χ1) is 13.1. The molecule has 6 rings (SSSR count). The topological polar surface area (TPSA) is 14.2 Å². The van der Waals surface area contributed by atoms with E-state index in [1.165, 1.54) is 33.3 Å². The molecule has 2 aromatic heterocycles. The molecule has 2 nitrogen and oxygen atoms in total. The van der Waals surface area contributed by atoms with Gasteiger partial charge in [0.05, 0.1) is 20.4 Å². The quantitative estimate of drug-likeness (QED) is 0.252. The number of benzene rings is 2. The Kier molecular flexibility index (Phi) is 3.62. The van der Waals surface area contributed by atoms with Crippen molar-refractivity contribution in [1.29, 1.82) is 0 Å². The van der Waals surface area contributed by atoms with Gasteiger partial charge in [0.2, 0.25) is 6.23 Å². The average molecular weight is 522 g/mol. The van der Waals surface area contributed by atoms with Crippen molar-refractivity contribution in [2.24, 2.45) is 0 Å². The zero-order valence-electron chi connectivity index (χ0n) is 13.9. The molecule has 0 amide bonds. The molecule has 0 spiro atoms. The van der Waals surface area contributed by atoms with Gasteiger partial charge in [-0.15, -0.1) is 11.3 Å². The van der Waals surface area contributed by atoms with Crippen molar-refractivity contribution in [3.63, 3.8) is 0 Å². The van der Waals surface area contributed by atoms with Gasteiger partial charge in [0.15, 0.2) is 0 Å². The first-order valence-corrected chi connectivity index (χ1v) is 11.5. The minimum Gasteiger partial charge on any atom is -0.464 e. The van der Waals surface area contributed by atoms with Gasteiger partial charge in [0.25, 0.3) is 0 Å². The molecule has 134 valence electrons. The number of aromatic nitrogens is 1. The molecule has 6 heteroatoms. The van der Waals surface area contributed by atoms with Crippen molar-refractivity contribution in [2.75, 3.05) is 0 Å². The van der Waals surface area contributed by atoms with Crippen molar-refractivity contribution in [3.05, 3.63) is 71.8 Å². The van der Waals surface area contributed by atoms with Crippen LogP contribution in [0.2, 0.25) is 4.34 Å². The van der Waals surface area contributed by atoms with Gasteiger partial charge < -0.3 is 4.74 Å². The summed E-state index contributed by atoms with van der Waals surface area (Å²) >= 11 is 15.1. The molecule has 1 aliphatic heterocycles. The van der Waals surface area contributed by atoms with E-state index in [4.69, 9.17) is 16.3 Å². The largest absolute Gasteiger partial charge is 0.464 e. The normalized spacial score (nSPS) is 17.1. The Morgan fingerprint density at radius 1 is 1.04 bits per heavy atom. The van der Waals surface area contributed by atoms with Gasteiger partial charge in [0, 0.05) is 19.9 Å². The second-order valence-electron chi connectivity index (χ2n) is 6.91. The summed E-state index contributed by atoms with van der Waals surface area (Å²) in [4.78, 5) is 1.11. The SMILES string of the molecule is Clc1ccc([C@H]2Oc3cc(Br)cc4c3-c3c(c5cc(Br)ccc5n32)CC4)s1. The third-order valence-corrected chi connectivity index (χ3v) is 7.62. The minimum absolute atomic E-state index is 0.206. The van der Waals surface area contributed by atoms with Crippen LogP contribution in [0.15, 0.2) is 51.4 Å². The first-order valence-electron chi connectivity index (χ1n) is 8.67. The summed E-state index contributed by atoms with van der Waals surface area (Å²) in [6.45, 7) is 0. The van der Waals surface area contributed by atoms with Gasteiger partial charge in [-0.2, -0.15) is 0 Å². The molecule has 0 bridgehead atoms. The van der Waals surface area contributed by atoms with E-state index >= 15 is 0 Å². The number of hydrogen-bond acceptors (Lipinski definition) is 2. The summed E-state index contributed by atoms with van der Waals surface area (Å²) < 4.78 is 11.9. The molecular weight excluding hydrogens is 510 g/mol. The molecule has 2 aliphatic rings. The number of fused-ring (bicyclic) bond motifs is 3. The number of aryl methyl sites for hydroxylation is 2. The van der Waals surface area contributed by atoms with Gasteiger partial charge in [0.1, 0.15) is 5.75 Å². The van der Waals surface area contributed by atoms with Gasteiger partial charge >= 0.3 is 0 Å². The lowest BCUT2D eigenvalue weighted by molar-refractivity contribution is 0.176. The molecule has 0 radical (unpaired) electrons. The van der Waals surface area contributed by atoms with E-state index in [-0.39, 0.29) is 6.23 Å². The molecule has 0 saturated carbocycles. The molecule has 27 heavy (non-hydrogen) atoms. The Hall–Kier alpha value is -1.27. The maximum absolute atomic E-state index is 6.58. The number of rotatable bonds is 1. The fraction of sp³-hybridized carbons (Fsp3) is 0.143. The highest BCUT2D eigenvalue weighted by molar-refractivity contribution is 9.10. The molecule has 4 aromatic rings. The Bertz CT molecular complexity index is 1260. The van der Waals surface area contributed by atoms with Crippen LogP contribution in [0.1, 0.15) is 22.2 Å². The third-order valence-electron chi connectivity index (χ3n) is 5.41. The standard InChI is InChI=1S/C21H12Br2ClNOS/c22-11-2-4-15-14(8-11)13-3-1-10-7-12(23)9-16-19(10)20(13)25(15)21(26-16)17-5-6-18(24)27-17/h2,4-9,21H,1,3H2/t21-/m1/s1. The van der Waals surface area contributed by atoms with Crippen LogP contribution in [-0.2, 0) is 12.8 Å². The molecule has 0 N–H and O–H groups in total. The number of ether oxygens (including phenoxy) is 1. The molecule has 0 unspecified atom stereocenters. The maximum atomic E-state index is 6.58. The maximum Gasteiger partial charge on any atom is 0.212 e. The predicted molar refractivity (Wildman–Crippen MR) is 118 cm³/mol. The van der Waals surface area contributed by atoms with Crippen LogP contribution in [0.3, 0.4) is 0 Å². The summed E-state index contributed by atoms with van der Waals surface area (Å²) in [7, 11) is 0. The molecule has 2 aromatic carbocycles. The highest BCUT2D eigenvalue weighted by Crippen LogP contribution is 2.52. The van der Waals surface area contributed by atoms with Crippen LogP contribution < -0.4 is 4.74 Å². The van der Waals surface area contributed by atoms with E-state index in [2.05, 4.69) is 72.8 Å². The Morgan fingerprint density at radius 3 is 2.74 bits per heavy atom. The van der Waals surface area contributed by atoms with Gasteiger partial charge in [-0.3, -0.25) is 4.57 Å². The Balaban J connectivity index is 1.75. The monoisotopic (exact) mass is 519 g/mol. The van der Waals surface area contributed by atoms with E-state index in [0.29, 0.717) is 0 Å². The van der Waals surface area contributed by atoms with E-state index in [0.717, 1.165) is 36.8 Å². The Morgan fingerprint density at radius 2 is 1.93 bits per heavy atom. The van der Waals surface area contributed by atoms with Crippen LogP contribution in [-0.4, -0.2) is 4.57 Å². The summed E-state index contributed by atoms with van der Waals surface area (Å²) in [5, 5.41) is 1.30. The van der Waals surface area contributed by atoms with Crippen LogP contribution in [0, 0.1) is 0 Å². The minimum atomic E-state index is -0.206. The number of nitrogens with zero attached hydrogens (tertiary/aromatic N) is 1. The van der Waals surface area contributed by atoms with Gasteiger partial charge in [-0.1, -0.05) is 43.5 Å². The fourth-order valence-electron chi connectivity index (χ4n) is 4.40. The van der Waals surface area contributed by atoms with Crippen molar-refractivity contribution < 1.29 is 4.74 Å². The summed E-state index contributed by atoms with van der Waals surface area (Å²) in [5.41, 5.74) is 6.51. The summed E-state index contributed by atoms with van der Waals surface area (Å²) in [6.07, 6.45) is 1.86. The Labute approximate surface area is 182 Å².